The molecule has 0 radical (unpaired) electrons. The van der Waals surface area contributed by atoms with Crippen molar-refractivity contribution in [1.29, 1.82) is 0 Å². The van der Waals surface area contributed by atoms with Crippen molar-refractivity contribution in [2.75, 3.05) is 13.2 Å². The van der Waals surface area contributed by atoms with Gasteiger partial charge in [0.2, 0.25) is 0 Å². The molecule has 38 heavy (non-hydrogen) atoms. The maximum Gasteiger partial charge on any atom is 0.467 e. The highest BCUT2D eigenvalue weighted by Gasteiger charge is 2.63. The number of rotatable bonds is 8. The van der Waals surface area contributed by atoms with Gasteiger partial charge in [-0.1, -0.05) is 90.8 Å². The van der Waals surface area contributed by atoms with Gasteiger partial charge in [-0.3, -0.25) is 0 Å². The number of hydrogen-bond donors (Lipinski definition) is 0. The van der Waals surface area contributed by atoms with Gasteiger partial charge in [-0.05, 0) is 82.8 Å². The van der Waals surface area contributed by atoms with Crippen molar-refractivity contribution in [3.63, 3.8) is 0 Å². The molecule has 6 saturated carbocycles. The molecule has 1 aromatic rings. The molecule has 7 aliphatic rings. The molecule has 0 N–H and O–H groups in total. The van der Waals surface area contributed by atoms with Crippen molar-refractivity contribution in [3.8, 4) is 0 Å². The van der Waals surface area contributed by atoms with Crippen LogP contribution in [0.4, 0.5) is 0 Å². The molecular weight excluding hydrogens is 466 g/mol. The molecule has 0 unspecified atom stereocenters. The van der Waals surface area contributed by atoms with Gasteiger partial charge in [0.15, 0.2) is 0 Å². The van der Waals surface area contributed by atoms with Gasteiger partial charge >= 0.3 is 14.0 Å². The molecule has 1 saturated heterocycles. The number of benzene rings is 1. The molecule has 7 fully saturated rings. The lowest BCUT2D eigenvalue weighted by Gasteiger charge is -2.66. The predicted octanol–water partition coefficient (Wildman–Crippen LogP) is 8.36. The van der Waals surface area contributed by atoms with Crippen LogP contribution in [0.5, 0.6) is 0 Å². The Bertz CT molecular complexity index is 947. The Labute approximate surface area is 233 Å². The standard InChI is InChI=1S/C33H50B2O3/c1-8-28(35-36-15-12-16-37-35)31(23-13-10-9-11-14-23)38-34(29-19-24-17-26(21(29)2)32(24,4)5)30-20-25-18-27(22(30)3)33(25,6)7/h8-11,13-14,21-22,24-31H,1,12,15-20H2,2-7H3/t21-,22-,24+,25+,26-,27-,28+,29-,30-,31-/m1/s1. The lowest BCUT2D eigenvalue weighted by molar-refractivity contribution is -0.112. The topological polar surface area (TPSA) is 27.7 Å². The monoisotopic (exact) mass is 516 g/mol. The van der Waals surface area contributed by atoms with E-state index >= 15 is 0 Å². The van der Waals surface area contributed by atoms with Crippen molar-refractivity contribution >= 4 is 14.0 Å². The smallest absolute Gasteiger partial charge is 0.429 e. The number of fused-ring (bicyclic) bond motifs is 4. The third-order valence-corrected chi connectivity index (χ3v) is 12.9. The first kappa shape index (κ1) is 27.2. The van der Waals surface area contributed by atoms with Gasteiger partial charge in [-0.2, -0.15) is 0 Å². The molecule has 1 aromatic carbocycles. The van der Waals surface area contributed by atoms with E-state index in [4.69, 9.17) is 14.0 Å². The zero-order valence-corrected chi connectivity index (χ0v) is 24.8. The van der Waals surface area contributed by atoms with E-state index in [1.807, 2.05) is 6.08 Å². The molecule has 0 aromatic heterocycles. The van der Waals surface area contributed by atoms with E-state index in [0.717, 1.165) is 43.3 Å². The molecule has 10 atom stereocenters. The van der Waals surface area contributed by atoms with Crippen molar-refractivity contribution in [1.82, 2.24) is 0 Å². The molecule has 3 nitrogen and oxygen atoms in total. The molecule has 6 aliphatic carbocycles. The predicted molar refractivity (Wildman–Crippen MR) is 158 cm³/mol. The summed E-state index contributed by atoms with van der Waals surface area (Å²) in [5, 5.41) is 0. The van der Waals surface area contributed by atoms with Gasteiger partial charge in [0, 0.05) is 19.0 Å². The SMILES string of the molecule is C=C[C@H](B1OCCCO1)[C@H](OB([C@@H]1C[C@@H]2C[C@H]([C@H]1C)C2(C)C)[C@@H]1C[C@@H]2C[C@H]([C@H]1C)C2(C)C)c1ccccc1. The van der Waals surface area contributed by atoms with Crippen LogP contribution in [0.25, 0.3) is 0 Å². The third kappa shape index (κ3) is 4.29. The van der Waals surface area contributed by atoms with E-state index in [1.165, 1.54) is 31.2 Å². The molecular formula is C33H50B2O3. The zero-order chi connectivity index (χ0) is 26.8. The Morgan fingerprint density at radius 1 is 0.895 bits per heavy atom. The van der Waals surface area contributed by atoms with Gasteiger partial charge in [0.25, 0.3) is 0 Å². The normalized spacial score (nSPS) is 40.3. The van der Waals surface area contributed by atoms with E-state index in [9.17, 15) is 0 Å². The van der Waals surface area contributed by atoms with Gasteiger partial charge < -0.3 is 14.0 Å². The van der Waals surface area contributed by atoms with Crippen LogP contribution >= 0.6 is 0 Å². The van der Waals surface area contributed by atoms with E-state index < -0.39 is 0 Å². The number of hydrogen-bond acceptors (Lipinski definition) is 3. The summed E-state index contributed by atoms with van der Waals surface area (Å²) in [5.41, 5.74) is 2.19. The second kappa shape index (κ2) is 10.1. The Balaban J connectivity index is 1.35. The van der Waals surface area contributed by atoms with E-state index in [2.05, 4.69) is 78.5 Å². The highest BCUT2D eigenvalue weighted by atomic mass is 16.6. The average Bonchev–Trinajstić information content (AvgIpc) is 2.92. The lowest BCUT2D eigenvalue weighted by atomic mass is 9.27. The Hall–Kier alpha value is -1.03. The third-order valence-electron chi connectivity index (χ3n) is 12.9. The maximum absolute atomic E-state index is 7.61. The minimum Gasteiger partial charge on any atom is -0.429 e. The molecule has 206 valence electrons. The second-order valence-corrected chi connectivity index (χ2v) is 14.9. The quantitative estimate of drug-likeness (QED) is 0.257. The summed E-state index contributed by atoms with van der Waals surface area (Å²) in [4.78, 5) is 0. The first-order valence-electron chi connectivity index (χ1n) is 15.7. The minimum absolute atomic E-state index is 0.0325. The fourth-order valence-electron chi connectivity index (χ4n) is 10.1. The average molecular weight is 516 g/mol. The summed E-state index contributed by atoms with van der Waals surface area (Å²) in [6.07, 6.45) is 8.34. The Morgan fingerprint density at radius 2 is 1.42 bits per heavy atom. The van der Waals surface area contributed by atoms with Crippen molar-refractivity contribution in [2.45, 2.75) is 97.2 Å². The summed E-state index contributed by atoms with van der Waals surface area (Å²) in [7, 11) is -0.292. The van der Waals surface area contributed by atoms with Gasteiger partial charge in [0.05, 0.1) is 6.10 Å². The van der Waals surface area contributed by atoms with E-state index in [0.29, 0.717) is 34.3 Å². The van der Waals surface area contributed by atoms with E-state index in [1.54, 1.807) is 0 Å². The molecule has 8 rings (SSSR count). The minimum atomic E-state index is -0.292. The van der Waals surface area contributed by atoms with Crippen molar-refractivity contribution < 1.29 is 14.0 Å². The second-order valence-electron chi connectivity index (χ2n) is 14.9. The van der Waals surface area contributed by atoms with Crippen LogP contribution in [-0.2, 0) is 14.0 Å². The van der Waals surface area contributed by atoms with Gasteiger partial charge in [0.1, 0.15) is 0 Å². The van der Waals surface area contributed by atoms with Crippen LogP contribution in [0.15, 0.2) is 43.0 Å². The summed E-state index contributed by atoms with van der Waals surface area (Å²) in [6.45, 7) is 21.2. The first-order chi connectivity index (χ1) is 18.1. The lowest BCUT2D eigenvalue weighted by Crippen LogP contribution is -2.60. The van der Waals surface area contributed by atoms with Crippen LogP contribution in [0, 0.1) is 46.3 Å². The van der Waals surface area contributed by atoms with Crippen LogP contribution in [0.2, 0.25) is 17.5 Å². The largest absolute Gasteiger partial charge is 0.467 e. The van der Waals surface area contributed by atoms with Crippen molar-refractivity contribution in [2.24, 2.45) is 46.3 Å². The van der Waals surface area contributed by atoms with Crippen LogP contribution < -0.4 is 0 Å². The molecule has 5 heteroatoms. The highest BCUT2D eigenvalue weighted by molar-refractivity contribution is 6.56. The van der Waals surface area contributed by atoms with Crippen LogP contribution in [-0.4, -0.2) is 27.2 Å². The Kier molecular flexibility index (Phi) is 7.22. The molecule has 4 bridgehead atoms. The van der Waals surface area contributed by atoms with Crippen LogP contribution in [0.3, 0.4) is 0 Å². The van der Waals surface area contributed by atoms with Gasteiger partial charge in [-0.15, -0.1) is 6.58 Å². The first-order valence-corrected chi connectivity index (χ1v) is 15.7. The molecule has 0 amide bonds. The summed E-state index contributed by atoms with van der Waals surface area (Å²) in [6, 6.07) is 10.9. The molecule has 1 aliphatic heterocycles. The summed E-state index contributed by atoms with van der Waals surface area (Å²) >= 11 is 0. The van der Waals surface area contributed by atoms with Crippen LogP contribution in [0.1, 0.15) is 85.3 Å². The Morgan fingerprint density at radius 3 is 1.87 bits per heavy atom. The molecule has 0 spiro atoms. The molecule has 1 heterocycles. The van der Waals surface area contributed by atoms with Crippen molar-refractivity contribution in [3.05, 3.63) is 48.6 Å². The summed E-state index contributed by atoms with van der Waals surface area (Å²) < 4.78 is 20.0. The van der Waals surface area contributed by atoms with Gasteiger partial charge in [-0.25, -0.2) is 0 Å². The van der Waals surface area contributed by atoms with E-state index in [-0.39, 0.29) is 26.0 Å². The highest BCUT2D eigenvalue weighted by Crippen LogP contribution is 2.70. The fourth-order valence-corrected chi connectivity index (χ4v) is 10.1. The maximum atomic E-state index is 7.61. The fraction of sp³-hybridized carbons (Fsp3) is 0.758. The summed E-state index contributed by atoms with van der Waals surface area (Å²) in [5.74, 6) is 5.89. The zero-order valence-electron chi connectivity index (χ0n) is 24.8.